The third-order valence-electron chi connectivity index (χ3n) is 2.80. The van der Waals surface area contributed by atoms with Crippen molar-refractivity contribution < 1.29 is 8.42 Å². The number of sulfonamides is 1. The molecule has 1 rings (SSSR count). The molecule has 0 heterocycles. The number of nitrogens with one attached hydrogen (secondary N) is 1. The summed E-state index contributed by atoms with van der Waals surface area (Å²) in [5, 5.41) is 0. The predicted octanol–water partition coefficient (Wildman–Crippen LogP) is 2.42. The Kier molecular flexibility index (Phi) is 6.71. The van der Waals surface area contributed by atoms with Crippen LogP contribution in [0.15, 0.2) is 29.2 Å². The minimum absolute atomic E-state index is 0.0932. The van der Waals surface area contributed by atoms with Gasteiger partial charge < -0.3 is 5.73 Å². The maximum absolute atomic E-state index is 11.9. The number of anilines is 1. The summed E-state index contributed by atoms with van der Waals surface area (Å²) in [5.74, 6) is 0.583. The van der Waals surface area contributed by atoms with Gasteiger partial charge in [-0.15, -0.1) is 11.8 Å². The molecule has 20 heavy (non-hydrogen) atoms. The van der Waals surface area contributed by atoms with Gasteiger partial charge in [-0.25, -0.2) is 13.1 Å². The zero-order valence-electron chi connectivity index (χ0n) is 12.0. The molecular weight excluding hydrogens is 312 g/mol. The zero-order valence-corrected chi connectivity index (χ0v) is 14.5. The van der Waals surface area contributed by atoms with Crippen LogP contribution < -0.4 is 10.5 Å². The largest absolute Gasteiger partial charge is 0.398 e. The maximum Gasteiger partial charge on any atom is 0.212 e. The Hall–Kier alpha value is -0.370. The van der Waals surface area contributed by atoms with Gasteiger partial charge in [-0.05, 0) is 32.2 Å². The van der Waals surface area contributed by atoms with Crippen LogP contribution in [0, 0.1) is 0 Å². The van der Waals surface area contributed by atoms with Crippen LogP contribution in [-0.4, -0.2) is 37.5 Å². The molecule has 0 aromatic heterocycles. The number of rotatable bonds is 8. The second-order valence-electron chi connectivity index (χ2n) is 4.99. The fourth-order valence-corrected chi connectivity index (χ4v) is 4.17. The Morgan fingerprint density at radius 2 is 1.95 bits per heavy atom. The topological polar surface area (TPSA) is 72.2 Å². The molecule has 0 amide bonds. The van der Waals surface area contributed by atoms with Gasteiger partial charge in [0.15, 0.2) is 0 Å². The van der Waals surface area contributed by atoms with Crippen molar-refractivity contribution in [1.82, 2.24) is 4.72 Å². The van der Waals surface area contributed by atoms with E-state index in [1.165, 1.54) is 11.8 Å². The second kappa shape index (κ2) is 7.59. The number of hydrogen-bond acceptors (Lipinski definition) is 5. The van der Waals surface area contributed by atoms with Gasteiger partial charge in [0.25, 0.3) is 0 Å². The van der Waals surface area contributed by atoms with Gasteiger partial charge in [0.05, 0.1) is 5.75 Å². The van der Waals surface area contributed by atoms with Crippen molar-refractivity contribution in [3.63, 3.8) is 0 Å². The summed E-state index contributed by atoms with van der Waals surface area (Å²) >= 11 is 3.11. The number of hydrogen-bond donors (Lipinski definition) is 2. The maximum atomic E-state index is 11.9. The molecule has 114 valence electrons. The van der Waals surface area contributed by atoms with Gasteiger partial charge in [0, 0.05) is 27.6 Å². The lowest BCUT2D eigenvalue weighted by atomic mass is 10.2. The molecule has 0 radical (unpaired) electrons. The van der Waals surface area contributed by atoms with Crippen molar-refractivity contribution in [1.29, 1.82) is 0 Å². The molecule has 0 fully saturated rings. The van der Waals surface area contributed by atoms with Crippen LogP contribution in [-0.2, 0) is 10.0 Å². The van der Waals surface area contributed by atoms with Crippen LogP contribution in [0.3, 0.4) is 0 Å². The number of para-hydroxylation sites is 1. The van der Waals surface area contributed by atoms with Crippen molar-refractivity contribution in [2.45, 2.75) is 23.5 Å². The highest BCUT2D eigenvalue weighted by atomic mass is 32.2. The molecule has 0 aliphatic rings. The van der Waals surface area contributed by atoms with E-state index >= 15 is 0 Å². The summed E-state index contributed by atoms with van der Waals surface area (Å²) in [6.45, 7) is 4.47. The Bertz CT molecular complexity index is 530. The van der Waals surface area contributed by atoms with E-state index in [-0.39, 0.29) is 10.5 Å². The van der Waals surface area contributed by atoms with E-state index < -0.39 is 10.0 Å². The van der Waals surface area contributed by atoms with E-state index in [2.05, 4.69) is 4.72 Å². The molecule has 0 aliphatic heterocycles. The van der Waals surface area contributed by atoms with Crippen molar-refractivity contribution in [2.24, 2.45) is 0 Å². The molecule has 1 aromatic rings. The third kappa shape index (κ3) is 6.39. The van der Waals surface area contributed by atoms with Gasteiger partial charge in [-0.2, -0.15) is 11.8 Å². The van der Waals surface area contributed by atoms with E-state index in [0.29, 0.717) is 18.0 Å². The Morgan fingerprint density at radius 1 is 1.30 bits per heavy atom. The summed E-state index contributed by atoms with van der Waals surface area (Å²) in [6.07, 6.45) is 1.97. The lowest BCUT2D eigenvalue weighted by Gasteiger charge is -2.22. The standard InChI is InChI=1S/C13H22N2O2S3/c1-13(2,18-3)10-15-20(16,17)9-8-19-12-7-5-4-6-11(12)14/h4-7,15H,8-10,14H2,1-3H3. The van der Waals surface area contributed by atoms with Gasteiger partial charge in [-0.3, -0.25) is 0 Å². The minimum atomic E-state index is -3.23. The fraction of sp³-hybridized carbons (Fsp3) is 0.538. The van der Waals surface area contributed by atoms with Crippen molar-refractivity contribution in [2.75, 3.05) is 30.0 Å². The highest BCUT2D eigenvalue weighted by Crippen LogP contribution is 2.24. The Morgan fingerprint density at radius 3 is 2.55 bits per heavy atom. The molecule has 0 atom stereocenters. The molecule has 0 saturated carbocycles. The van der Waals surface area contributed by atoms with E-state index in [0.717, 1.165) is 4.90 Å². The monoisotopic (exact) mass is 334 g/mol. The van der Waals surface area contributed by atoms with Crippen LogP contribution in [0.4, 0.5) is 5.69 Å². The molecule has 0 spiro atoms. The van der Waals surface area contributed by atoms with Gasteiger partial charge >= 0.3 is 0 Å². The summed E-state index contributed by atoms with van der Waals surface area (Å²) in [7, 11) is -3.23. The lowest BCUT2D eigenvalue weighted by Crippen LogP contribution is -2.37. The first-order valence-corrected chi connectivity index (χ1v) is 10.1. The summed E-state index contributed by atoms with van der Waals surface area (Å²) in [5.41, 5.74) is 6.50. The highest BCUT2D eigenvalue weighted by molar-refractivity contribution is 8.00. The van der Waals surface area contributed by atoms with E-state index in [9.17, 15) is 8.42 Å². The van der Waals surface area contributed by atoms with E-state index in [1.54, 1.807) is 11.8 Å². The van der Waals surface area contributed by atoms with Gasteiger partial charge in [-0.1, -0.05) is 12.1 Å². The van der Waals surface area contributed by atoms with E-state index in [4.69, 9.17) is 5.73 Å². The average molecular weight is 335 g/mol. The molecular formula is C13H22N2O2S3. The Labute approximate surface area is 130 Å². The summed E-state index contributed by atoms with van der Waals surface area (Å²) in [4.78, 5) is 0.923. The van der Waals surface area contributed by atoms with Crippen LogP contribution in [0.25, 0.3) is 0 Å². The van der Waals surface area contributed by atoms with Crippen LogP contribution in [0.2, 0.25) is 0 Å². The molecule has 3 N–H and O–H groups in total. The van der Waals surface area contributed by atoms with Gasteiger partial charge in [0.1, 0.15) is 0 Å². The average Bonchev–Trinajstić information content (AvgIpc) is 2.39. The molecule has 0 bridgehead atoms. The molecule has 7 heteroatoms. The van der Waals surface area contributed by atoms with Crippen LogP contribution >= 0.6 is 23.5 Å². The minimum Gasteiger partial charge on any atom is -0.398 e. The fourth-order valence-electron chi connectivity index (χ4n) is 1.30. The number of nitrogen functional groups attached to an aromatic ring is 1. The lowest BCUT2D eigenvalue weighted by molar-refractivity contribution is 0.572. The molecule has 0 saturated heterocycles. The van der Waals surface area contributed by atoms with Crippen molar-refractivity contribution >= 4 is 39.2 Å². The third-order valence-corrected chi connectivity index (χ3v) is 6.72. The molecule has 0 aliphatic carbocycles. The second-order valence-corrected chi connectivity index (χ2v) is 9.57. The van der Waals surface area contributed by atoms with E-state index in [1.807, 2.05) is 44.4 Å². The highest BCUT2D eigenvalue weighted by Gasteiger charge is 2.19. The van der Waals surface area contributed by atoms with Crippen molar-refractivity contribution in [3.8, 4) is 0 Å². The van der Waals surface area contributed by atoms with Crippen molar-refractivity contribution in [3.05, 3.63) is 24.3 Å². The van der Waals surface area contributed by atoms with Crippen LogP contribution in [0.5, 0.6) is 0 Å². The normalized spacial score (nSPS) is 12.6. The number of thioether (sulfide) groups is 2. The summed E-state index contributed by atoms with van der Waals surface area (Å²) in [6, 6.07) is 7.47. The zero-order chi connectivity index (χ0) is 15.2. The SMILES string of the molecule is CSC(C)(C)CNS(=O)(=O)CCSc1ccccc1N. The summed E-state index contributed by atoms with van der Waals surface area (Å²) < 4.78 is 26.4. The quantitative estimate of drug-likeness (QED) is 0.564. The van der Waals surface area contributed by atoms with Gasteiger partial charge in [0.2, 0.25) is 10.0 Å². The number of benzene rings is 1. The smallest absolute Gasteiger partial charge is 0.212 e. The molecule has 0 unspecified atom stereocenters. The Balaban J connectivity index is 2.43. The van der Waals surface area contributed by atoms with Crippen LogP contribution in [0.1, 0.15) is 13.8 Å². The first-order valence-electron chi connectivity index (χ1n) is 6.25. The molecule has 1 aromatic carbocycles. The predicted molar refractivity (Wildman–Crippen MR) is 91.0 cm³/mol. The molecule has 4 nitrogen and oxygen atoms in total. The first kappa shape index (κ1) is 17.7. The first-order chi connectivity index (χ1) is 9.26. The number of nitrogens with two attached hydrogens (primary N) is 1.